The van der Waals surface area contributed by atoms with Crippen molar-refractivity contribution in [1.82, 2.24) is 19.8 Å². The van der Waals surface area contributed by atoms with Crippen LogP contribution in [0.5, 0.6) is 11.5 Å². The Bertz CT molecular complexity index is 895. The van der Waals surface area contributed by atoms with E-state index in [1.54, 1.807) is 14.2 Å². The molecule has 0 radical (unpaired) electrons. The van der Waals surface area contributed by atoms with Crippen LogP contribution in [0.15, 0.2) is 12.1 Å². The Balaban J connectivity index is 1.50. The van der Waals surface area contributed by atoms with Gasteiger partial charge in [-0.25, -0.2) is 9.97 Å². The van der Waals surface area contributed by atoms with Crippen molar-refractivity contribution in [3.63, 3.8) is 0 Å². The molecule has 8 heteroatoms. The lowest BCUT2D eigenvalue weighted by atomic mass is 9.91. The second-order valence-electron chi connectivity index (χ2n) is 9.06. The Hall–Kier alpha value is -2.16. The number of likely N-dealkylation sites (tertiary alicyclic amines) is 2. The molecule has 0 amide bonds. The molecule has 3 heterocycles. The van der Waals surface area contributed by atoms with E-state index in [9.17, 15) is 0 Å². The Morgan fingerprint density at radius 1 is 0.939 bits per heavy atom. The molecule has 0 bridgehead atoms. The molecule has 0 atom stereocenters. The van der Waals surface area contributed by atoms with Crippen molar-refractivity contribution in [2.24, 2.45) is 0 Å². The van der Waals surface area contributed by atoms with Gasteiger partial charge in [0.05, 0.1) is 31.5 Å². The van der Waals surface area contributed by atoms with Gasteiger partial charge in [0.25, 0.3) is 0 Å². The van der Waals surface area contributed by atoms with Gasteiger partial charge in [0.2, 0.25) is 5.95 Å². The first-order chi connectivity index (χ1) is 16.2. The van der Waals surface area contributed by atoms with Crippen LogP contribution in [0, 0.1) is 0 Å². The summed E-state index contributed by atoms with van der Waals surface area (Å²) < 4.78 is 17.1. The quantitative estimate of drug-likeness (QED) is 0.515. The monoisotopic (exact) mass is 457 g/mol. The number of nitrogens with zero attached hydrogens (tertiary/aromatic N) is 4. The van der Waals surface area contributed by atoms with Crippen molar-refractivity contribution in [2.75, 3.05) is 79.1 Å². The van der Waals surface area contributed by atoms with Crippen molar-refractivity contribution < 1.29 is 14.2 Å². The van der Waals surface area contributed by atoms with E-state index >= 15 is 0 Å². The number of methoxy groups -OCH3 is 2. The lowest BCUT2D eigenvalue weighted by Gasteiger charge is -2.32. The summed E-state index contributed by atoms with van der Waals surface area (Å²) in [7, 11) is 5.34. The standard InChI is InChI=1S/C25H39N5O3/c1-26-25-27-21-18-23(33-15-6-11-29-9-4-5-10-29)22(32-3)17-20(21)24(28-25)19-7-12-30(13-8-19)14-16-31-2/h17-19H,4-16H2,1-3H3,(H,26,27,28). The van der Waals surface area contributed by atoms with E-state index in [0.717, 1.165) is 80.1 Å². The molecule has 0 spiro atoms. The summed E-state index contributed by atoms with van der Waals surface area (Å²) in [4.78, 5) is 14.6. The molecule has 33 heavy (non-hydrogen) atoms. The second kappa shape index (κ2) is 11.8. The molecule has 0 unspecified atom stereocenters. The highest BCUT2D eigenvalue weighted by Crippen LogP contribution is 2.38. The molecule has 182 valence electrons. The number of fused-ring (bicyclic) bond motifs is 1. The number of hydrogen-bond donors (Lipinski definition) is 1. The SMILES string of the molecule is CNc1nc(C2CCN(CCOC)CC2)c2cc(OC)c(OCCCN3CCCC3)cc2n1. The van der Waals surface area contributed by atoms with E-state index in [2.05, 4.69) is 21.2 Å². The van der Waals surface area contributed by atoms with Crippen LogP contribution in [0.1, 0.15) is 43.7 Å². The van der Waals surface area contributed by atoms with Crippen LogP contribution in [-0.4, -0.2) is 93.5 Å². The lowest BCUT2D eigenvalue weighted by molar-refractivity contribution is 0.130. The maximum Gasteiger partial charge on any atom is 0.223 e. The third-order valence-corrected chi connectivity index (χ3v) is 6.90. The highest BCUT2D eigenvalue weighted by atomic mass is 16.5. The van der Waals surface area contributed by atoms with E-state index in [-0.39, 0.29) is 0 Å². The number of rotatable bonds is 11. The van der Waals surface area contributed by atoms with Crippen molar-refractivity contribution in [3.05, 3.63) is 17.8 Å². The highest BCUT2D eigenvalue weighted by Gasteiger charge is 2.25. The molecule has 1 aromatic carbocycles. The van der Waals surface area contributed by atoms with E-state index in [0.29, 0.717) is 18.5 Å². The number of hydrogen-bond acceptors (Lipinski definition) is 8. The van der Waals surface area contributed by atoms with Crippen LogP contribution in [0.4, 0.5) is 5.95 Å². The fourth-order valence-corrected chi connectivity index (χ4v) is 4.98. The van der Waals surface area contributed by atoms with Gasteiger partial charge in [-0.1, -0.05) is 0 Å². The van der Waals surface area contributed by atoms with E-state index in [1.165, 1.54) is 25.9 Å². The minimum absolute atomic E-state index is 0.401. The topological polar surface area (TPSA) is 72.0 Å². The van der Waals surface area contributed by atoms with Crippen molar-refractivity contribution in [3.8, 4) is 11.5 Å². The molecule has 2 saturated heterocycles. The first kappa shape index (κ1) is 24.0. The summed E-state index contributed by atoms with van der Waals surface area (Å²) in [6.45, 7) is 8.09. The summed E-state index contributed by atoms with van der Waals surface area (Å²) in [5, 5.41) is 4.20. The van der Waals surface area contributed by atoms with E-state index in [1.807, 2.05) is 13.1 Å². The van der Waals surface area contributed by atoms with Crippen LogP contribution in [0.2, 0.25) is 0 Å². The summed E-state index contributed by atoms with van der Waals surface area (Å²) in [6.07, 6.45) is 5.81. The fraction of sp³-hybridized carbons (Fsp3) is 0.680. The van der Waals surface area contributed by atoms with Crippen LogP contribution in [0.25, 0.3) is 10.9 Å². The number of benzene rings is 1. The van der Waals surface area contributed by atoms with Gasteiger partial charge in [-0.15, -0.1) is 0 Å². The van der Waals surface area contributed by atoms with E-state index < -0.39 is 0 Å². The minimum Gasteiger partial charge on any atom is -0.493 e. The average Bonchev–Trinajstić information content (AvgIpc) is 3.38. The largest absolute Gasteiger partial charge is 0.493 e. The summed E-state index contributed by atoms with van der Waals surface area (Å²) in [6, 6.07) is 4.08. The van der Waals surface area contributed by atoms with Gasteiger partial charge in [0.15, 0.2) is 11.5 Å². The third kappa shape index (κ3) is 6.05. The predicted molar refractivity (Wildman–Crippen MR) is 132 cm³/mol. The fourth-order valence-electron chi connectivity index (χ4n) is 4.98. The molecule has 1 N–H and O–H groups in total. The zero-order chi connectivity index (χ0) is 23.0. The number of nitrogens with one attached hydrogen (secondary N) is 1. The summed E-state index contributed by atoms with van der Waals surface area (Å²) in [5.74, 6) is 2.57. The first-order valence-electron chi connectivity index (χ1n) is 12.4. The van der Waals surface area contributed by atoms with Crippen molar-refractivity contribution in [1.29, 1.82) is 0 Å². The maximum absolute atomic E-state index is 6.16. The molecular formula is C25H39N5O3. The minimum atomic E-state index is 0.401. The van der Waals surface area contributed by atoms with Gasteiger partial charge in [-0.3, -0.25) is 0 Å². The molecule has 2 aromatic rings. The van der Waals surface area contributed by atoms with Crippen molar-refractivity contribution >= 4 is 16.9 Å². The van der Waals surface area contributed by atoms with Gasteiger partial charge in [0, 0.05) is 44.6 Å². The molecular weight excluding hydrogens is 418 g/mol. The molecule has 2 fully saturated rings. The van der Waals surface area contributed by atoms with Crippen molar-refractivity contribution in [2.45, 2.75) is 38.0 Å². The molecule has 0 saturated carbocycles. The van der Waals surface area contributed by atoms with Crippen LogP contribution in [-0.2, 0) is 4.74 Å². The number of piperidine rings is 1. The molecule has 2 aliphatic heterocycles. The van der Waals surface area contributed by atoms with Crippen LogP contribution >= 0.6 is 0 Å². The third-order valence-electron chi connectivity index (χ3n) is 6.90. The van der Waals surface area contributed by atoms with Gasteiger partial charge >= 0.3 is 0 Å². The van der Waals surface area contributed by atoms with Gasteiger partial charge in [0.1, 0.15) is 0 Å². The maximum atomic E-state index is 6.16. The van der Waals surface area contributed by atoms with Crippen LogP contribution in [0.3, 0.4) is 0 Å². The van der Waals surface area contributed by atoms with Crippen LogP contribution < -0.4 is 14.8 Å². The zero-order valence-corrected chi connectivity index (χ0v) is 20.4. The normalized spacial score (nSPS) is 18.2. The Kier molecular flexibility index (Phi) is 8.58. The number of aromatic nitrogens is 2. The molecule has 8 nitrogen and oxygen atoms in total. The molecule has 4 rings (SSSR count). The number of ether oxygens (including phenoxy) is 3. The molecule has 2 aliphatic rings. The predicted octanol–water partition coefficient (Wildman–Crippen LogP) is 3.37. The second-order valence-corrected chi connectivity index (χ2v) is 9.06. The smallest absolute Gasteiger partial charge is 0.223 e. The van der Waals surface area contributed by atoms with Gasteiger partial charge in [-0.05, 0) is 64.3 Å². The first-order valence-corrected chi connectivity index (χ1v) is 12.4. The van der Waals surface area contributed by atoms with Gasteiger partial charge in [-0.2, -0.15) is 0 Å². The Morgan fingerprint density at radius 2 is 1.70 bits per heavy atom. The zero-order valence-electron chi connectivity index (χ0n) is 20.4. The number of anilines is 1. The lowest BCUT2D eigenvalue weighted by Crippen LogP contribution is -2.35. The molecule has 1 aromatic heterocycles. The Morgan fingerprint density at radius 3 is 2.39 bits per heavy atom. The summed E-state index contributed by atoms with van der Waals surface area (Å²) in [5.41, 5.74) is 2.01. The average molecular weight is 458 g/mol. The Labute approximate surface area is 197 Å². The summed E-state index contributed by atoms with van der Waals surface area (Å²) >= 11 is 0. The highest BCUT2D eigenvalue weighted by molar-refractivity contribution is 5.86. The van der Waals surface area contributed by atoms with E-state index in [4.69, 9.17) is 24.2 Å². The van der Waals surface area contributed by atoms with Gasteiger partial charge < -0.3 is 29.3 Å². The molecule has 0 aliphatic carbocycles.